The van der Waals surface area contributed by atoms with Gasteiger partial charge in [-0.05, 0) is 11.6 Å². The van der Waals surface area contributed by atoms with Gasteiger partial charge in [0.15, 0.2) is 0 Å². The van der Waals surface area contributed by atoms with Gasteiger partial charge in [-0.15, -0.1) is 0 Å². The molecule has 74 valence electrons. The summed E-state index contributed by atoms with van der Waals surface area (Å²) in [6, 6.07) is 2.68. The van der Waals surface area contributed by atoms with Crippen LogP contribution in [0.15, 0.2) is 24.5 Å². The molecule has 2 atom stereocenters. The zero-order chi connectivity index (χ0) is 9.97. The van der Waals surface area contributed by atoms with Crippen molar-refractivity contribution >= 4 is 0 Å². The van der Waals surface area contributed by atoms with E-state index in [1.54, 1.807) is 18.5 Å². The van der Waals surface area contributed by atoms with Crippen LogP contribution in [0.4, 0.5) is 0 Å². The van der Waals surface area contributed by atoms with E-state index in [0.29, 0.717) is 6.54 Å². The van der Waals surface area contributed by atoms with Gasteiger partial charge in [-0.2, -0.15) is 0 Å². The van der Waals surface area contributed by atoms with Crippen molar-refractivity contribution < 1.29 is 4.92 Å². The molecule has 1 aromatic heterocycles. The standard InChI is InChI=1S/C8H10N4O2/c13-12(14)7-5-10-11-8(7)6-2-1-3-9-4-6/h1-4,7-8,10-11H,5H2. The van der Waals surface area contributed by atoms with Crippen LogP contribution < -0.4 is 10.9 Å². The van der Waals surface area contributed by atoms with Crippen molar-refractivity contribution in [2.45, 2.75) is 12.1 Å². The third-order valence-electron chi connectivity index (χ3n) is 2.27. The largest absolute Gasteiger partial charge is 0.264 e. The fourth-order valence-electron chi connectivity index (χ4n) is 1.55. The van der Waals surface area contributed by atoms with Gasteiger partial charge in [-0.1, -0.05) is 6.07 Å². The van der Waals surface area contributed by atoms with Gasteiger partial charge in [0.05, 0.1) is 6.54 Å². The molecule has 1 aromatic rings. The Balaban J connectivity index is 2.22. The molecule has 0 aliphatic carbocycles. The summed E-state index contributed by atoms with van der Waals surface area (Å²) in [5.41, 5.74) is 6.49. The zero-order valence-corrected chi connectivity index (χ0v) is 7.38. The van der Waals surface area contributed by atoms with Crippen LogP contribution in [0.5, 0.6) is 0 Å². The number of hydrogen-bond donors (Lipinski definition) is 2. The molecule has 1 aliphatic rings. The van der Waals surface area contributed by atoms with Gasteiger partial charge in [0.2, 0.25) is 6.04 Å². The number of rotatable bonds is 2. The van der Waals surface area contributed by atoms with Crippen molar-refractivity contribution in [2.24, 2.45) is 0 Å². The predicted molar refractivity (Wildman–Crippen MR) is 48.9 cm³/mol. The summed E-state index contributed by atoms with van der Waals surface area (Å²) >= 11 is 0. The minimum atomic E-state index is -0.626. The second-order valence-corrected chi connectivity index (χ2v) is 3.14. The van der Waals surface area contributed by atoms with Crippen LogP contribution in [0.3, 0.4) is 0 Å². The molecule has 2 unspecified atom stereocenters. The maximum Gasteiger partial charge on any atom is 0.247 e. The van der Waals surface area contributed by atoms with E-state index in [1.807, 2.05) is 6.07 Å². The average Bonchev–Trinajstić information content (AvgIpc) is 2.67. The molecule has 0 spiro atoms. The zero-order valence-electron chi connectivity index (χ0n) is 7.38. The lowest BCUT2D eigenvalue weighted by molar-refractivity contribution is -0.520. The molecular weight excluding hydrogens is 184 g/mol. The molecule has 0 saturated carbocycles. The quantitative estimate of drug-likeness (QED) is 0.506. The normalized spacial score (nSPS) is 26.3. The predicted octanol–water partition coefficient (Wildman–Crippen LogP) is -0.124. The van der Waals surface area contributed by atoms with E-state index in [4.69, 9.17) is 0 Å². The summed E-state index contributed by atoms with van der Waals surface area (Å²) in [7, 11) is 0. The number of hydrogen-bond acceptors (Lipinski definition) is 5. The first-order valence-electron chi connectivity index (χ1n) is 4.31. The fourth-order valence-corrected chi connectivity index (χ4v) is 1.55. The van der Waals surface area contributed by atoms with Crippen LogP contribution in [0.2, 0.25) is 0 Å². The van der Waals surface area contributed by atoms with Crippen LogP contribution in [-0.4, -0.2) is 22.5 Å². The number of nitrogens with one attached hydrogen (secondary N) is 2. The number of hydrazine groups is 1. The van der Waals surface area contributed by atoms with Crippen molar-refractivity contribution in [1.82, 2.24) is 15.8 Å². The summed E-state index contributed by atoms with van der Waals surface area (Å²) in [5.74, 6) is 0. The number of pyridine rings is 1. The van der Waals surface area contributed by atoms with Crippen LogP contribution in [-0.2, 0) is 0 Å². The molecule has 14 heavy (non-hydrogen) atoms. The number of nitrogens with zero attached hydrogens (tertiary/aromatic N) is 2. The first-order chi connectivity index (χ1) is 6.79. The molecule has 1 aliphatic heterocycles. The van der Waals surface area contributed by atoms with E-state index in [0.717, 1.165) is 5.56 Å². The van der Waals surface area contributed by atoms with Gasteiger partial charge < -0.3 is 0 Å². The Bertz CT molecular complexity index is 329. The van der Waals surface area contributed by atoms with Gasteiger partial charge in [0, 0.05) is 17.3 Å². The van der Waals surface area contributed by atoms with Gasteiger partial charge in [0.1, 0.15) is 6.04 Å². The highest BCUT2D eigenvalue weighted by Crippen LogP contribution is 2.19. The molecule has 1 fully saturated rings. The van der Waals surface area contributed by atoms with E-state index in [1.165, 1.54) is 0 Å². The highest BCUT2D eigenvalue weighted by atomic mass is 16.6. The first-order valence-corrected chi connectivity index (χ1v) is 4.31. The summed E-state index contributed by atoms with van der Waals surface area (Å²) in [6.45, 7) is 0.340. The highest BCUT2D eigenvalue weighted by molar-refractivity contribution is 5.16. The maximum absolute atomic E-state index is 10.7. The topological polar surface area (TPSA) is 80.1 Å². The van der Waals surface area contributed by atoms with Crippen molar-refractivity contribution in [2.75, 3.05) is 6.54 Å². The molecular formula is C8H10N4O2. The van der Waals surface area contributed by atoms with Crippen LogP contribution >= 0.6 is 0 Å². The maximum atomic E-state index is 10.7. The Morgan fingerprint density at radius 2 is 2.50 bits per heavy atom. The van der Waals surface area contributed by atoms with Gasteiger partial charge in [-0.3, -0.25) is 20.5 Å². The molecule has 2 N–H and O–H groups in total. The Kier molecular flexibility index (Phi) is 2.38. The number of nitro groups is 1. The van der Waals surface area contributed by atoms with E-state index in [9.17, 15) is 10.1 Å². The summed E-state index contributed by atoms with van der Waals surface area (Å²) in [6.07, 6.45) is 3.29. The van der Waals surface area contributed by atoms with E-state index < -0.39 is 6.04 Å². The number of aromatic nitrogens is 1. The molecule has 0 bridgehead atoms. The third-order valence-corrected chi connectivity index (χ3v) is 2.27. The van der Waals surface area contributed by atoms with Gasteiger partial charge >= 0.3 is 0 Å². The SMILES string of the molecule is O=[N+]([O-])C1CNNC1c1cccnc1. The molecule has 6 heteroatoms. The molecule has 0 radical (unpaired) electrons. The molecule has 0 aromatic carbocycles. The Morgan fingerprint density at radius 1 is 1.64 bits per heavy atom. The second kappa shape index (κ2) is 3.69. The second-order valence-electron chi connectivity index (χ2n) is 3.14. The van der Waals surface area contributed by atoms with Gasteiger partial charge in [-0.25, -0.2) is 5.43 Å². The van der Waals surface area contributed by atoms with E-state index in [-0.39, 0.29) is 11.0 Å². The smallest absolute Gasteiger partial charge is 0.247 e. The van der Waals surface area contributed by atoms with E-state index >= 15 is 0 Å². The monoisotopic (exact) mass is 194 g/mol. The molecule has 2 heterocycles. The van der Waals surface area contributed by atoms with Crippen molar-refractivity contribution in [1.29, 1.82) is 0 Å². The Hall–Kier alpha value is -1.53. The molecule has 6 nitrogen and oxygen atoms in total. The fraction of sp³-hybridized carbons (Fsp3) is 0.375. The summed E-state index contributed by atoms with van der Waals surface area (Å²) in [5, 5.41) is 10.7. The first kappa shape index (κ1) is 9.04. The molecule has 1 saturated heterocycles. The van der Waals surface area contributed by atoms with Crippen LogP contribution in [0.1, 0.15) is 11.6 Å². The van der Waals surface area contributed by atoms with Crippen LogP contribution in [0, 0.1) is 10.1 Å². The van der Waals surface area contributed by atoms with Crippen molar-refractivity contribution in [3.05, 3.63) is 40.2 Å². The van der Waals surface area contributed by atoms with Crippen LogP contribution in [0.25, 0.3) is 0 Å². The molecule has 2 rings (SSSR count). The molecule has 0 amide bonds. The van der Waals surface area contributed by atoms with E-state index in [2.05, 4.69) is 15.8 Å². The highest BCUT2D eigenvalue weighted by Gasteiger charge is 2.37. The lowest BCUT2D eigenvalue weighted by Crippen LogP contribution is -2.29. The summed E-state index contributed by atoms with van der Waals surface area (Å²) in [4.78, 5) is 14.3. The third kappa shape index (κ3) is 1.57. The Morgan fingerprint density at radius 3 is 3.14 bits per heavy atom. The summed E-state index contributed by atoms with van der Waals surface area (Å²) < 4.78 is 0. The average molecular weight is 194 g/mol. The minimum Gasteiger partial charge on any atom is -0.264 e. The Labute approximate surface area is 80.5 Å². The lowest BCUT2D eigenvalue weighted by Gasteiger charge is -2.11. The lowest BCUT2D eigenvalue weighted by atomic mass is 10.0. The van der Waals surface area contributed by atoms with Crippen molar-refractivity contribution in [3.63, 3.8) is 0 Å². The van der Waals surface area contributed by atoms with Crippen molar-refractivity contribution in [3.8, 4) is 0 Å². The minimum absolute atomic E-state index is 0.273. The van der Waals surface area contributed by atoms with Gasteiger partial charge in [0.25, 0.3) is 0 Å².